The number of nitrogens with zero attached hydrogens (tertiary/aromatic N) is 6. The zero-order chi connectivity index (χ0) is 20.5. The van der Waals surface area contributed by atoms with Gasteiger partial charge in [0.25, 0.3) is 5.91 Å². The number of nitrogens with one attached hydrogen (secondary N) is 2. The smallest absolute Gasteiger partial charge is 0.352 e. The number of H-pyrrole nitrogens is 1. The molecule has 0 bridgehead atoms. The summed E-state index contributed by atoms with van der Waals surface area (Å²) >= 11 is 2.86. The molecule has 0 spiro atoms. The maximum Gasteiger partial charge on any atom is 0.352 e. The number of rotatable bonds is 8. The average Bonchev–Trinajstić information content (AvgIpc) is 3.32. The van der Waals surface area contributed by atoms with E-state index in [1.807, 2.05) is 0 Å². The predicted molar refractivity (Wildman–Crippen MR) is 107 cm³/mol. The van der Waals surface area contributed by atoms with Crippen molar-refractivity contribution in [1.82, 2.24) is 35.1 Å². The first-order chi connectivity index (χ1) is 14.0. The van der Waals surface area contributed by atoms with E-state index in [4.69, 9.17) is 0 Å². The lowest BCUT2D eigenvalue weighted by molar-refractivity contribution is -0.147. The summed E-state index contributed by atoms with van der Waals surface area (Å²) in [5, 5.41) is 24.3. The van der Waals surface area contributed by atoms with Crippen molar-refractivity contribution < 1.29 is 14.7 Å². The van der Waals surface area contributed by atoms with Crippen LogP contribution in [0.4, 0.5) is 5.95 Å². The molecule has 29 heavy (non-hydrogen) atoms. The Balaban J connectivity index is 1.48. The minimum atomic E-state index is -1.11. The van der Waals surface area contributed by atoms with Gasteiger partial charge < -0.3 is 15.4 Å². The van der Waals surface area contributed by atoms with Crippen LogP contribution in [0.25, 0.3) is 0 Å². The van der Waals surface area contributed by atoms with Gasteiger partial charge in [-0.1, -0.05) is 17.8 Å². The average molecular weight is 435 g/mol. The number of carbonyl (C=O) groups excluding carboxylic acids is 1. The van der Waals surface area contributed by atoms with Gasteiger partial charge in [-0.25, -0.2) is 14.5 Å². The number of carbonyl (C=O) groups is 2. The summed E-state index contributed by atoms with van der Waals surface area (Å²) in [6.45, 7) is 3.67. The fourth-order valence-electron chi connectivity index (χ4n) is 3.12. The molecule has 13 heteroatoms. The number of carboxylic acids is 1. The van der Waals surface area contributed by atoms with Gasteiger partial charge in [0.1, 0.15) is 17.1 Å². The summed E-state index contributed by atoms with van der Waals surface area (Å²) in [6.07, 6.45) is 4.11. The van der Waals surface area contributed by atoms with Gasteiger partial charge in [-0.3, -0.25) is 9.69 Å². The Morgan fingerprint density at radius 1 is 1.59 bits per heavy atom. The molecule has 1 fully saturated rings. The summed E-state index contributed by atoms with van der Waals surface area (Å²) in [6, 6.07) is -0.533. The molecule has 0 saturated carbocycles. The number of imidazole rings is 1. The van der Waals surface area contributed by atoms with Crippen LogP contribution >= 0.6 is 23.5 Å². The number of hydrogen-bond acceptors (Lipinski definition) is 9. The summed E-state index contributed by atoms with van der Waals surface area (Å²) in [4.78, 5) is 33.3. The Labute approximate surface area is 174 Å². The SMILES string of the molecule is C=CCc1c[nH]c(NC2C(=O)N3C(C(=O)O)=C(CSc4nnnn4C)CS[C@H]23)n1. The highest BCUT2D eigenvalue weighted by Crippen LogP contribution is 2.42. The molecule has 2 aromatic rings. The molecule has 0 aromatic carbocycles. The number of anilines is 1. The number of thioether (sulfide) groups is 2. The van der Waals surface area contributed by atoms with E-state index in [1.165, 1.54) is 33.1 Å². The molecule has 0 radical (unpaired) electrons. The third kappa shape index (κ3) is 3.62. The number of aromatic nitrogens is 6. The number of aryl methyl sites for hydroxylation is 1. The molecule has 2 atom stereocenters. The predicted octanol–water partition coefficient (Wildman–Crippen LogP) is 0.488. The van der Waals surface area contributed by atoms with E-state index >= 15 is 0 Å². The number of aliphatic carboxylic acids is 1. The van der Waals surface area contributed by atoms with Crippen molar-refractivity contribution in [2.24, 2.45) is 7.05 Å². The van der Waals surface area contributed by atoms with Crippen LogP contribution in [-0.2, 0) is 23.1 Å². The van der Waals surface area contributed by atoms with Crippen molar-refractivity contribution in [3.63, 3.8) is 0 Å². The lowest BCUT2D eigenvalue weighted by Crippen LogP contribution is -2.67. The normalized spacial score (nSPS) is 21.0. The van der Waals surface area contributed by atoms with Crippen LogP contribution in [0.2, 0.25) is 0 Å². The number of aromatic amines is 1. The molecular weight excluding hydrogens is 416 g/mol. The van der Waals surface area contributed by atoms with Gasteiger partial charge in [0, 0.05) is 31.2 Å². The molecule has 1 unspecified atom stereocenters. The molecule has 2 aliphatic rings. The number of hydrogen-bond donors (Lipinski definition) is 3. The molecule has 1 amide bonds. The molecule has 3 N–H and O–H groups in total. The topological polar surface area (TPSA) is 142 Å². The van der Waals surface area contributed by atoms with Crippen LogP contribution in [0.5, 0.6) is 0 Å². The van der Waals surface area contributed by atoms with Crippen molar-refractivity contribution in [2.75, 3.05) is 16.8 Å². The van der Waals surface area contributed by atoms with Crippen LogP contribution in [0, 0.1) is 0 Å². The van der Waals surface area contributed by atoms with Gasteiger partial charge in [0.15, 0.2) is 0 Å². The maximum absolute atomic E-state index is 12.7. The second kappa shape index (κ2) is 7.91. The first-order valence-corrected chi connectivity index (χ1v) is 10.7. The first kappa shape index (κ1) is 19.5. The highest BCUT2D eigenvalue weighted by Gasteiger charge is 2.53. The molecule has 2 aliphatic heterocycles. The number of tetrazole rings is 1. The molecule has 1 saturated heterocycles. The fraction of sp³-hybridized carbons (Fsp3) is 0.375. The van der Waals surface area contributed by atoms with Crippen molar-refractivity contribution in [3.8, 4) is 0 Å². The van der Waals surface area contributed by atoms with E-state index in [0.29, 0.717) is 34.6 Å². The standard InChI is InChI=1S/C16H18N8O3S2/c1-3-4-9-5-17-15(18-9)19-10-12(25)24-11(14(26)27)8(6-28-13(10)24)7-29-16-20-21-22-23(16)2/h3,5,10,13H,1,4,6-7H2,2H3,(H,26,27)(H2,17,18,19)/t10?,13-/m1/s1. The van der Waals surface area contributed by atoms with Crippen LogP contribution in [0.3, 0.4) is 0 Å². The Morgan fingerprint density at radius 2 is 2.41 bits per heavy atom. The fourth-order valence-corrected chi connectivity index (χ4v) is 5.46. The van der Waals surface area contributed by atoms with Crippen LogP contribution in [0.1, 0.15) is 5.69 Å². The highest BCUT2D eigenvalue weighted by molar-refractivity contribution is 8.01. The van der Waals surface area contributed by atoms with Crippen LogP contribution < -0.4 is 5.32 Å². The minimum Gasteiger partial charge on any atom is -0.477 e. The summed E-state index contributed by atoms with van der Waals surface area (Å²) < 4.78 is 1.52. The third-order valence-electron chi connectivity index (χ3n) is 4.48. The Bertz CT molecular complexity index is 1000. The molecular formula is C16H18N8O3S2. The lowest BCUT2D eigenvalue weighted by atomic mass is 10.0. The molecule has 4 rings (SSSR count). The van der Waals surface area contributed by atoms with E-state index in [1.54, 1.807) is 19.3 Å². The van der Waals surface area contributed by atoms with Gasteiger partial charge in [-0.2, -0.15) is 0 Å². The third-order valence-corrected chi connectivity index (χ3v) is 6.92. The van der Waals surface area contributed by atoms with E-state index in [9.17, 15) is 14.7 Å². The van der Waals surface area contributed by atoms with E-state index in [2.05, 4.69) is 37.4 Å². The van der Waals surface area contributed by atoms with Gasteiger partial charge in [-0.15, -0.1) is 23.4 Å². The van der Waals surface area contributed by atoms with Crippen molar-refractivity contribution in [1.29, 1.82) is 0 Å². The largest absolute Gasteiger partial charge is 0.477 e. The molecule has 152 valence electrons. The highest BCUT2D eigenvalue weighted by atomic mass is 32.2. The van der Waals surface area contributed by atoms with Crippen molar-refractivity contribution in [2.45, 2.75) is 23.0 Å². The van der Waals surface area contributed by atoms with Crippen LogP contribution in [-0.4, -0.2) is 75.0 Å². The zero-order valence-electron chi connectivity index (χ0n) is 15.4. The number of β-lactam (4-membered cyclic amide) rings is 1. The quantitative estimate of drug-likeness (QED) is 0.305. The maximum atomic E-state index is 12.7. The number of amides is 1. The number of fused-ring (bicyclic) bond motifs is 1. The van der Waals surface area contributed by atoms with Crippen LogP contribution in [0.15, 0.2) is 35.3 Å². The number of carboxylic acid groups (broad SMARTS) is 1. The zero-order valence-corrected chi connectivity index (χ0v) is 17.0. The molecule has 2 aromatic heterocycles. The minimum absolute atomic E-state index is 0.0474. The molecule has 0 aliphatic carbocycles. The van der Waals surface area contributed by atoms with Gasteiger partial charge in [0.2, 0.25) is 11.1 Å². The Morgan fingerprint density at radius 3 is 3.10 bits per heavy atom. The van der Waals surface area contributed by atoms with Gasteiger partial charge in [0.05, 0.1) is 5.69 Å². The lowest BCUT2D eigenvalue weighted by Gasteiger charge is -2.49. The Kier molecular flexibility index (Phi) is 5.32. The van der Waals surface area contributed by atoms with Gasteiger partial charge >= 0.3 is 5.97 Å². The molecule has 4 heterocycles. The van der Waals surface area contributed by atoms with E-state index < -0.39 is 12.0 Å². The van der Waals surface area contributed by atoms with E-state index in [-0.39, 0.29) is 17.0 Å². The second-order valence-corrected chi connectivity index (χ2v) is 8.44. The summed E-state index contributed by atoms with van der Waals surface area (Å²) in [5.74, 6) is -0.0194. The van der Waals surface area contributed by atoms with Crippen molar-refractivity contribution in [3.05, 3.63) is 35.8 Å². The van der Waals surface area contributed by atoms with E-state index in [0.717, 1.165) is 5.69 Å². The van der Waals surface area contributed by atoms with Gasteiger partial charge in [-0.05, 0) is 16.0 Å². The summed E-state index contributed by atoms with van der Waals surface area (Å²) in [5.41, 5.74) is 1.53. The number of allylic oxidation sites excluding steroid dienone is 1. The summed E-state index contributed by atoms with van der Waals surface area (Å²) in [7, 11) is 1.71. The Hall–Kier alpha value is -2.80. The van der Waals surface area contributed by atoms with Crippen molar-refractivity contribution >= 4 is 41.3 Å². The second-order valence-electron chi connectivity index (χ2n) is 6.40. The first-order valence-electron chi connectivity index (χ1n) is 8.66. The monoisotopic (exact) mass is 434 g/mol. The molecule has 11 nitrogen and oxygen atoms in total.